The van der Waals surface area contributed by atoms with Gasteiger partial charge in [-0.2, -0.15) is 10.00 Å². The minimum Gasteiger partial charge on any atom is -0.443 e. The van der Waals surface area contributed by atoms with E-state index in [-0.39, 0.29) is 11.3 Å². The Morgan fingerprint density at radius 2 is 1.62 bits per heavy atom. The zero-order valence-corrected chi connectivity index (χ0v) is 27.5. The van der Waals surface area contributed by atoms with Crippen LogP contribution in [0.1, 0.15) is 58.6 Å². The number of imidazole rings is 1. The molecule has 1 N–H and O–H groups in total. The van der Waals surface area contributed by atoms with Gasteiger partial charge in [-0.3, -0.25) is 9.67 Å². The molecule has 2 amide bonds. The van der Waals surface area contributed by atoms with E-state index in [1.807, 2.05) is 23.0 Å². The first kappa shape index (κ1) is 31.6. The average Bonchev–Trinajstić information content (AvgIpc) is 3.53. The maximum Gasteiger partial charge on any atom is 0.424 e. The van der Waals surface area contributed by atoms with Crippen molar-refractivity contribution in [2.24, 2.45) is 0 Å². The quantitative estimate of drug-likeness (QED) is 0.217. The summed E-state index contributed by atoms with van der Waals surface area (Å²) in [7, 11) is 0. The second-order valence-electron chi connectivity index (χ2n) is 13.5. The van der Waals surface area contributed by atoms with Gasteiger partial charge in [0.1, 0.15) is 28.7 Å². The first-order valence-corrected chi connectivity index (χ1v) is 15.3. The normalized spacial score (nSPS) is 13.0. The van der Waals surface area contributed by atoms with Gasteiger partial charge in [0.15, 0.2) is 5.82 Å². The van der Waals surface area contributed by atoms with Gasteiger partial charge in [0.05, 0.1) is 18.4 Å². The molecule has 1 aromatic carbocycles. The van der Waals surface area contributed by atoms with Gasteiger partial charge in [-0.15, -0.1) is 0 Å². The lowest BCUT2D eigenvalue weighted by Gasteiger charge is -2.29. The van der Waals surface area contributed by atoms with Crippen molar-refractivity contribution >= 4 is 40.3 Å². The summed E-state index contributed by atoms with van der Waals surface area (Å²) in [6.07, 6.45) is 7.17. The highest BCUT2D eigenvalue weighted by Crippen LogP contribution is 2.35. The van der Waals surface area contributed by atoms with E-state index in [4.69, 9.17) is 14.6 Å². The molecule has 0 saturated carbocycles. The van der Waals surface area contributed by atoms with Crippen LogP contribution in [0.4, 0.5) is 31.3 Å². The molecule has 4 aromatic heterocycles. The Morgan fingerprint density at radius 3 is 2.32 bits per heavy atom. The smallest absolute Gasteiger partial charge is 0.424 e. The number of halogens is 1. The molecule has 0 atom stereocenters. The van der Waals surface area contributed by atoms with Crippen molar-refractivity contribution in [3.63, 3.8) is 0 Å². The number of anilines is 3. The zero-order valence-electron chi connectivity index (χ0n) is 27.5. The minimum atomic E-state index is -0.934. The molecule has 5 aromatic rings. The highest BCUT2D eigenvalue weighted by atomic mass is 19.1. The molecular weight excluding hydrogens is 603 g/mol. The van der Waals surface area contributed by atoms with Crippen LogP contribution in [-0.4, -0.2) is 52.7 Å². The van der Waals surface area contributed by atoms with Crippen LogP contribution in [0.3, 0.4) is 0 Å². The van der Waals surface area contributed by atoms with Crippen molar-refractivity contribution in [3.8, 4) is 11.1 Å². The van der Waals surface area contributed by atoms with E-state index >= 15 is 4.39 Å². The lowest BCUT2D eigenvalue weighted by Crippen LogP contribution is -2.44. The monoisotopic (exact) mass is 640 g/mol. The van der Waals surface area contributed by atoms with Crippen LogP contribution in [0.5, 0.6) is 0 Å². The average molecular weight is 641 g/mol. The third kappa shape index (κ3) is 6.79. The lowest BCUT2D eigenvalue weighted by atomic mass is 9.98. The summed E-state index contributed by atoms with van der Waals surface area (Å²) in [4.78, 5) is 40.6. The number of pyridine rings is 2. The number of nitrogens with zero attached hydrogens (tertiary/aromatic N) is 7. The fourth-order valence-corrected chi connectivity index (χ4v) is 5.39. The van der Waals surface area contributed by atoms with Crippen LogP contribution >= 0.6 is 0 Å². The summed E-state index contributed by atoms with van der Waals surface area (Å²) in [5, 5.41) is 9.30. The standard InChI is InChI=1S/C34H37FN8O4/c1-20-25(17-36-18-27(20)43(31(44)46-33(2,3)4)32(45)47-34(5,6)7)24-12-21-14-28(38-16-22(21)13-26(24)35)39-29-15-23-8-10-41-11-9-37-30(41)19-42(23)40-29/h9,11-18H,8,10,19H2,1-7H3,(H,38,39,40). The van der Waals surface area contributed by atoms with Gasteiger partial charge < -0.3 is 19.4 Å². The first-order chi connectivity index (χ1) is 22.1. The third-order valence-corrected chi connectivity index (χ3v) is 7.50. The zero-order chi connectivity index (χ0) is 33.7. The number of ether oxygens (including phenoxy) is 2. The number of aryl methyl sites for hydroxylation is 2. The molecule has 13 heteroatoms. The highest BCUT2D eigenvalue weighted by Gasteiger charge is 2.34. The van der Waals surface area contributed by atoms with E-state index in [1.54, 1.807) is 66.9 Å². The van der Waals surface area contributed by atoms with Gasteiger partial charge >= 0.3 is 12.2 Å². The van der Waals surface area contributed by atoms with E-state index in [2.05, 4.69) is 24.8 Å². The number of aromatic nitrogens is 6. The summed E-state index contributed by atoms with van der Waals surface area (Å²) < 4.78 is 30.8. The van der Waals surface area contributed by atoms with Crippen LogP contribution < -0.4 is 10.2 Å². The molecule has 0 bridgehead atoms. The highest BCUT2D eigenvalue weighted by molar-refractivity contribution is 6.10. The Morgan fingerprint density at radius 1 is 0.894 bits per heavy atom. The third-order valence-electron chi connectivity index (χ3n) is 7.50. The molecule has 0 fully saturated rings. The number of nitrogens with one attached hydrogen (secondary N) is 1. The molecule has 47 heavy (non-hydrogen) atoms. The number of carbonyl (C=O) groups excluding carboxylic acids is 2. The summed E-state index contributed by atoms with van der Waals surface area (Å²) >= 11 is 0. The molecule has 0 aliphatic carbocycles. The number of hydrogen-bond acceptors (Lipinski definition) is 9. The molecule has 1 aliphatic rings. The second kappa shape index (κ2) is 11.8. The summed E-state index contributed by atoms with van der Waals surface area (Å²) in [6, 6.07) is 6.90. The number of amides is 2. The van der Waals surface area contributed by atoms with Crippen molar-refractivity contribution < 1.29 is 23.5 Å². The van der Waals surface area contributed by atoms with Gasteiger partial charge in [-0.1, -0.05) is 0 Å². The molecule has 0 spiro atoms. The van der Waals surface area contributed by atoms with Crippen molar-refractivity contribution in [1.29, 1.82) is 0 Å². The van der Waals surface area contributed by atoms with Crippen molar-refractivity contribution in [2.75, 3.05) is 10.2 Å². The lowest BCUT2D eigenvalue weighted by molar-refractivity contribution is 0.0430. The van der Waals surface area contributed by atoms with Crippen molar-refractivity contribution in [1.82, 2.24) is 29.3 Å². The van der Waals surface area contributed by atoms with Crippen LogP contribution in [0.15, 0.2) is 55.2 Å². The summed E-state index contributed by atoms with van der Waals surface area (Å²) in [6.45, 7) is 13.3. The topological polar surface area (TPSA) is 129 Å². The van der Waals surface area contributed by atoms with Crippen molar-refractivity contribution in [2.45, 2.75) is 79.2 Å². The minimum absolute atomic E-state index is 0.115. The Kier molecular flexibility index (Phi) is 7.94. The maximum absolute atomic E-state index is 15.7. The molecule has 1 aliphatic heterocycles. The Balaban J connectivity index is 1.33. The fraction of sp³-hybridized carbons (Fsp3) is 0.353. The largest absolute Gasteiger partial charge is 0.443 e. The molecule has 244 valence electrons. The van der Waals surface area contributed by atoms with Gasteiger partial charge in [0.2, 0.25) is 0 Å². The van der Waals surface area contributed by atoms with Crippen LogP contribution in [0.25, 0.3) is 21.9 Å². The molecule has 0 unspecified atom stereocenters. The number of imide groups is 1. The van der Waals surface area contributed by atoms with E-state index in [0.29, 0.717) is 40.1 Å². The molecular formula is C34H37FN8O4. The van der Waals surface area contributed by atoms with E-state index in [0.717, 1.165) is 29.4 Å². The van der Waals surface area contributed by atoms with E-state index in [9.17, 15) is 9.59 Å². The molecule has 6 rings (SSSR count). The van der Waals surface area contributed by atoms with Gasteiger partial charge in [0, 0.05) is 66.0 Å². The van der Waals surface area contributed by atoms with Crippen LogP contribution in [-0.2, 0) is 29.0 Å². The Hall–Kier alpha value is -5.33. The summed E-state index contributed by atoms with van der Waals surface area (Å²) in [5.41, 5.74) is 0.476. The van der Waals surface area contributed by atoms with Gasteiger partial charge in [-0.25, -0.2) is 23.9 Å². The Labute approximate surface area is 271 Å². The number of carbonyl (C=O) groups is 2. The first-order valence-electron chi connectivity index (χ1n) is 15.3. The second-order valence-corrected chi connectivity index (χ2v) is 13.5. The fourth-order valence-electron chi connectivity index (χ4n) is 5.39. The number of hydrogen-bond donors (Lipinski definition) is 1. The summed E-state index contributed by atoms with van der Waals surface area (Å²) in [5.74, 6) is 1.62. The SMILES string of the molecule is Cc1c(-c2cc3cc(Nc4cc5n(n4)Cc4nccn4CC5)ncc3cc2F)cncc1N(C(=O)OC(C)(C)C)C(=O)OC(C)(C)C. The predicted molar refractivity (Wildman–Crippen MR) is 175 cm³/mol. The maximum atomic E-state index is 15.7. The number of benzene rings is 1. The molecule has 0 radical (unpaired) electrons. The van der Waals surface area contributed by atoms with Crippen LogP contribution in [0, 0.1) is 12.7 Å². The number of rotatable bonds is 4. The predicted octanol–water partition coefficient (Wildman–Crippen LogP) is 7.16. The van der Waals surface area contributed by atoms with Crippen LogP contribution in [0.2, 0.25) is 0 Å². The van der Waals surface area contributed by atoms with Gasteiger partial charge in [0.25, 0.3) is 0 Å². The van der Waals surface area contributed by atoms with Crippen molar-refractivity contribution in [3.05, 3.63) is 78.1 Å². The van der Waals surface area contributed by atoms with E-state index < -0.39 is 29.2 Å². The molecule has 5 heterocycles. The number of fused-ring (bicyclic) bond motifs is 3. The van der Waals surface area contributed by atoms with Gasteiger partial charge in [-0.05, 0) is 77.6 Å². The Bertz CT molecular complexity index is 1980. The molecule has 12 nitrogen and oxygen atoms in total. The van der Waals surface area contributed by atoms with E-state index in [1.165, 1.54) is 18.5 Å². The molecule has 0 saturated heterocycles.